The van der Waals surface area contributed by atoms with Crippen LogP contribution in [0.5, 0.6) is 0 Å². The largest absolute Gasteiger partial charge is 0.366 e. The van der Waals surface area contributed by atoms with E-state index < -0.39 is 0 Å². The Morgan fingerprint density at radius 2 is 1.77 bits per heavy atom. The maximum atomic E-state index is 13.8. The highest BCUT2D eigenvalue weighted by Crippen LogP contribution is 2.25. The Bertz CT molecular complexity index is 664. The molecule has 0 radical (unpaired) electrons. The van der Waals surface area contributed by atoms with Crippen molar-refractivity contribution in [1.29, 1.82) is 0 Å². The molecule has 2 aromatic rings. The Morgan fingerprint density at radius 1 is 1.09 bits per heavy atom. The summed E-state index contributed by atoms with van der Waals surface area (Å²) in [5.74, 6) is -0.582. The van der Waals surface area contributed by atoms with Crippen LogP contribution >= 0.6 is 0 Å². The molecule has 2 rings (SSSR count). The van der Waals surface area contributed by atoms with E-state index in [1.54, 1.807) is 18.5 Å². The van der Waals surface area contributed by atoms with Crippen molar-refractivity contribution in [3.05, 3.63) is 64.7 Å². The van der Waals surface area contributed by atoms with Crippen LogP contribution in [0.3, 0.4) is 0 Å². The van der Waals surface area contributed by atoms with Crippen LogP contribution in [0.15, 0.2) is 41.4 Å². The molecule has 0 aliphatic heterocycles. The summed E-state index contributed by atoms with van der Waals surface area (Å²) < 4.78 is 26.8. The van der Waals surface area contributed by atoms with E-state index in [1.165, 1.54) is 24.3 Å². The third kappa shape index (κ3) is 4.13. The SMILES string of the molecule is CCN(C)C=Nc1cc(F)cc(Cc2ccc(F)cc2)c1C. The van der Waals surface area contributed by atoms with E-state index in [0.717, 1.165) is 23.2 Å². The second-order valence-corrected chi connectivity index (χ2v) is 5.33. The topological polar surface area (TPSA) is 15.6 Å². The first kappa shape index (κ1) is 16.1. The van der Waals surface area contributed by atoms with Crippen molar-refractivity contribution in [3.63, 3.8) is 0 Å². The van der Waals surface area contributed by atoms with E-state index in [1.807, 2.05) is 25.8 Å². The molecular formula is C18H20F2N2. The Kier molecular flexibility index (Phi) is 5.26. The lowest BCUT2D eigenvalue weighted by Crippen LogP contribution is -2.14. The minimum atomic E-state index is -0.311. The molecule has 0 bridgehead atoms. The summed E-state index contributed by atoms with van der Waals surface area (Å²) in [6, 6.07) is 9.21. The van der Waals surface area contributed by atoms with Crippen LogP contribution in [0, 0.1) is 18.6 Å². The fourth-order valence-electron chi connectivity index (χ4n) is 2.10. The number of aliphatic imine (C=N–C) groups is 1. The van der Waals surface area contributed by atoms with Crippen LogP contribution in [0.2, 0.25) is 0 Å². The minimum absolute atomic E-state index is 0.271. The summed E-state index contributed by atoms with van der Waals surface area (Å²) in [4.78, 5) is 6.28. The molecule has 22 heavy (non-hydrogen) atoms. The zero-order chi connectivity index (χ0) is 16.1. The lowest BCUT2D eigenvalue weighted by atomic mass is 9.99. The lowest BCUT2D eigenvalue weighted by molar-refractivity contribution is 0.552. The van der Waals surface area contributed by atoms with E-state index in [-0.39, 0.29) is 11.6 Å². The van der Waals surface area contributed by atoms with Crippen LogP contribution < -0.4 is 0 Å². The van der Waals surface area contributed by atoms with Gasteiger partial charge in [0.1, 0.15) is 11.6 Å². The van der Waals surface area contributed by atoms with Gasteiger partial charge in [0, 0.05) is 13.6 Å². The monoisotopic (exact) mass is 302 g/mol. The van der Waals surface area contributed by atoms with Gasteiger partial charge in [0.15, 0.2) is 0 Å². The molecule has 2 nitrogen and oxygen atoms in total. The maximum Gasteiger partial charge on any atom is 0.125 e. The van der Waals surface area contributed by atoms with Gasteiger partial charge in [-0.1, -0.05) is 12.1 Å². The quantitative estimate of drug-likeness (QED) is 0.587. The molecule has 2 aromatic carbocycles. The molecule has 0 saturated carbocycles. The van der Waals surface area contributed by atoms with Crippen LogP contribution in [-0.4, -0.2) is 24.8 Å². The summed E-state index contributed by atoms with van der Waals surface area (Å²) in [7, 11) is 1.91. The molecule has 0 unspecified atom stereocenters. The van der Waals surface area contributed by atoms with E-state index in [9.17, 15) is 8.78 Å². The summed E-state index contributed by atoms with van der Waals surface area (Å²) in [5.41, 5.74) is 3.36. The van der Waals surface area contributed by atoms with Crippen molar-refractivity contribution in [2.24, 2.45) is 4.99 Å². The molecule has 0 amide bonds. The van der Waals surface area contributed by atoms with E-state index in [0.29, 0.717) is 12.1 Å². The average Bonchev–Trinajstić information content (AvgIpc) is 2.50. The highest BCUT2D eigenvalue weighted by Gasteiger charge is 2.08. The molecule has 0 spiro atoms. The van der Waals surface area contributed by atoms with Crippen molar-refractivity contribution in [2.45, 2.75) is 20.3 Å². The summed E-state index contributed by atoms with van der Waals surface area (Å²) in [5, 5.41) is 0. The Labute approximate surface area is 130 Å². The molecule has 4 heteroatoms. The Balaban J connectivity index is 2.30. The third-order valence-corrected chi connectivity index (χ3v) is 3.65. The van der Waals surface area contributed by atoms with Crippen LogP contribution in [0.4, 0.5) is 14.5 Å². The second kappa shape index (κ2) is 7.16. The van der Waals surface area contributed by atoms with Gasteiger partial charge in [-0.05, 0) is 61.2 Å². The zero-order valence-corrected chi connectivity index (χ0v) is 13.1. The molecule has 0 atom stereocenters. The highest BCUT2D eigenvalue weighted by atomic mass is 19.1. The van der Waals surface area contributed by atoms with Crippen molar-refractivity contribution in [1.82, 2.24) is 4.90 Å². The molecule has 0 saturated heterocycles. The van der Waals surface area contributed by atoms with Crippen molar-refractivity contribution < 1.29 is 8.78 Å². The lowest BCUT2D eigenvalue weighted by Gasteiger charge is -2.12. The van der Waals surface area contributed by atoms with Gasteiger partial charge in [0.05, 0.1) is 12.0 Å². The number of halogens is 2. The molecule has 0 fully saturated rings. The number of rotatable bonds is 5. The van der Waals surface area contributed by atoms with Gasteiger partial charge < -0.3 is 4.90 Å². The van der Waals surface area contributed by atoms with Gasteiger partial charge in [-0.3, -0.25) is 0 Å². The molecule has 0 aliphatic carbocycles. The average molecular weight is 302 g/mol. The smallest absolute Gasteiger partial charge is 0.125 e. The van der Waals surface area contributed by atoms with Gasteiger partial charge in [0.25, 0.3) is 0 Å². The summed E-state index contributed by atoms with van der Waals surface area (Å²) >= 11 is 0. The molecule has 0 N–H and O–H groups in total. The van der Waals surface area contributed by atoms with E-state index in [2.05, 4.69) is 4.99 Å². The Morgan fingerprint density at radius 3 is 2.41 bits per heavy atom. The van der Waals surface area contributed by atoms with Crippen LogP contribution in [0.25, 0.3) is 0 Å². The van der Waals surface area contributed by atoms with Gasteiger partial charge in [-0.2, -0.15) is 0 Å². The Hall–Kier alpha value is -2.23. The van der Waals surface area contributed by atoms with Crippen LogP contribution in [-0.2, 0) is 6.42 Å². The normalized spacial score (nSPS) is 11.1. The molecular weight excluding hydrogens is 282 g/mol. The van der Waals surface area contributed by atoms with Gasteiger partial charge in [-0.25, -0.2) is 13.8 Å². The molecule has 0 heterocycles. The zero-order valence-electron chi connectivity index (χ0n) is 13.1. The van der Waals surface area contributed by atoms with Crippen molar-refractivity contribution in [2.75, 3.05) is 13.6 Å². The third-order valence-electron chi connectivity index (χ3n) is 3.65. The first-order valence-corrected chi connectivity index (χ1v) is 7.27. The van der Waals surface area contributed by atoms with Crippen LogP contribution in [0.1, 0.15) is 23.6 Å². The van der Waals surface area contributed by atoms with E-state index in [4.69, 9.17) is 0 Å². The maximum absolute atomic E-state index is 13.8. The predicted molar refractivity (Wildman–Crippen MR) is 86.8 cm³/mol. The van der Waals surface area contributed by atoms with E-state index >= 15 is 0 Å². The first-order valence-electron chi connectivity index (χ1n) is 7.27. The molecule has 0 aromatic heterocycles. The van der Waals surface area contributed by atoms with Gasteiger partial charge >= 0.3 is 0 Å². The van der Waals surface area contributed by atoms with Crippen molar-refractivity contribution in [3.8, 4) is 0 Å². The number of hydrogen-bond donors (Lipinski definition) is 0. The second-order valence-electron chi connectivity index (χ2n) is 5.33. The number of benzene rings is 2. The van der Waals surface area contributed by atoms with Gasteiger partial charge in [0.2, 0.25) is 0 Å². The van der Waals surface area contributed by atoms with Crippen molar-refractivity contribution >= 4 is 12.0 Å². The number of nitrogens with zero attached hydrogens (tertiary/aromatic N) is 2. The summed E-state index contributed by atoms with van der Waals surface area (Å²) in [6.45, 7) is 4.78. The predicted octanol–water partition coefficient (Wildman–Crippen LogP) is 4.48. The first-order chi connectivity index (χ1) is 10.5. The number of hydrogen-bond acceptors (Lipinski definition) is 1. The van der Waals surface area contributed by atoms with Gasteiger partial charge in [-0.15, -0.1) is 0 Å². The molecule has 0 aliphatic rings. The summed E-state index contributed by atoms with van der Waals surface area (Å²) in [6.07, 6.45) is 2.25. The standard InChI is InChI=1S/C18H20F2N2/c1-4-22(3)12-21-18-11-17(20)10-15(13(18)2)9-14-5-7-16(19)8-6-14/h5-8,10-12H,4,9H2,1-3H3. The highest BCUT2D eigenvalue weighted by molar-refractivity contribution is 5.64. The fraction of sp³-hybridized carbons (Fsp3) is 0.278. The fourth-order valence-corrected chi connectivity index (χ4v) is 2.10. The minimum Gasteiger partial charge on any atom is -0.366 e. The molecule has 116 valence electrons.